The van der Waals surface area contributed by atoms with E-state index in [-0.39, 0.29) is 12.5 Å². The summed E-state index contributed by atoms with van der Waals surface area (Å²) >= 11 is 0. The van der Waals surface area contributed by atoms with Crippen LogP contribution in [-0.2, 0) is 13.3 Å². The van der Waals surface area contributed by atoms with Gasteiger partial charge in [0.05, 0.1) is 0 Å². The summed E-state index contributed by atoms with van der Waals surface area (Å²) in [5.41, 5.74) is 5.70. The highest BCUT2D eigenvalue weighted by molar-refractivity contribution is 6.60. The second kappa shape index (κ2) is 9.99. The van der Waals surface area contributed by atoms with Crippen LogP contribution in [0.4, 0.5) is 0 Å². The molecule has 104 valence electrons. The molecule has 0 heterocycles. The van der Waals surface area contributed by atoms with Crippen LogP contribution in [0.3, 0.4) is 0 Å². The van der Waals surface area contributed by atoms with Gasteiger partial charge in [-0.25, -0.2) is 0 Å². The lowest BCUT2D eigenvalue weighted by atomic mass is 10.1. The van der Waals surface area contributed by atoms with Crippen molar-refractivity contribution in [2.75, 3.05) is 33.0 Å². The second-order valence-electron chi connectivity index (χ2n) is 3.80. The summed E-state index contributed by atoms with van der Waals surface area (Å²) in [6.45, 7) is 8.17. The molecule has 0 aromatic carbocycles. The van der Waals surface area contributed by atoms with E-state index in [4.69, 9.17) is 24.1 Å². The summed E-state index contributed by atoms with van der Waals surface area (Å²) in [6.07, 6.45) is 0.665. The van der Waals surface area contributed by atoms with Gasteiger partial charge in [0.15, 0.2) is 0 Å². The van der Waals surface area contributed by atoms with E-state index in [1.165, 1.54) is 0 Å². The molecule has 0 saturated heterocycles. The lowest BCUT2D eigenvalue weighted by molar-refractivity contribution is 0.0661. The Kier molecular flexibility index (Phi) is 10.00. The monoisotopic (exact) mass is 265 g/mol. The van der Waals surface area contributed by atoms with E-state index in [1.54, 1.807) is 0 Å². The highest BCUT2D eigenvalue weighted by Gasteiger charge is 2.42. The van der Waals surface area contributed by atoms with Crippen molar-refractivity contribution in [3.63, 3.8) is 0 Å². The van der Waals surface area contributed by atoms with Crippen LogP contribution in [0.2, 0.25) is 6.04 Å². The Bertz CT molecular complexity index is 166. The first-order valence-electron chi connectivity index (χ1n) is 6.40. The maximum atomic E-state index is 8.99. The molecule has 3 N–H and O–H groups in total. The third-order valence-electron chi connectivity index (χ3n) is 2.50. The summed E-state index contributed by atoms with van der Waals surface area (Å²) in [5.74, 6) is 0.191. The third-order valence-corrected chi connectivity index (χ3v) is 5.76. The van der Waals surface area contributed by atoms with Gasteiger partial charge in [-0.1, -0.05) is 0 Å². The average molecular weight is 265 g/mol. The van der Waals surface area contributed by atoms with E-state index in [1.807, 2.05) is 20.8 Å². The van der Waals surface area contributed by atoms with Crippen LogP contribution >= 0.6 is 0 Å². The molecular formula is C11H27NO4Si. The Morgan fingerprint density at radius 2 is 1.53 bits per heavy atom. The number of rotatable bonds is 11. The molecule has 0 amide bonds. The summed E-state index contributed by atoms with van der Waals surface area (Å²) < 4.78 is 17.2. The maximum Gasteiger partial charge on any atom is 0.501 e. The molecule has 0 rings (SSSR count). The standard InChI is InChI=1S/C11H27NO4Si/c1-4-14-17(15-5-2,16-6-3)10-11(9-12)7-8-13/h11,13H,4-10,12H2,1-3H3. The van der Waals surface area contributed by atoms with Crippen molar-refractivity contribution in [2.45, 2.75) is 33.2 Å². The minimum Gasteiger partial charge on any atom is -0.396 e. The first-order chi connectivity index (χ1) is 8.17. The number of hydrogen-bond donors (Lipinski definition) is 2. The molecule has 0 aliphatic carbocycles. The van der Waals surface area contributed by atoms with Crippen molar-refractivity contribution in [1.29, 1.82) is 0 Å². The first kappa shape index (κ1) is 17.0. The van der Waals surface area contributed by atoms with Crippen LogP contribution in [0.25, 0.3) is 0 Å². The minimum absolute atomic E-state index is 0.136. The molecule has 0 bridgehead atoms. The van der Waals surface area contributed by atoms with E-state index >= 15 is 0 Å². The summed E-state index contributed by atoms with van der Waals surface area (Å²) in [4.78, 5) is 0. The van der Waals surface area contributed by atoms with Crippen LogP contribution in [0.1, 0.15) is 27.2 Å². The summed E-state index contributed by atoms with van der Waals surface area (Å²) in [7, 11) is -2.61. The van der Waals surface area contributed by atoms with Gasteiger partial charge in [0.25, 0.3) is 0 Å². The molecule has 0 aromatic heterocycles. The highest BCUT2D eigenvalue weighted by atomic mass is 28.4. The lowest BCUT2D eigenvalue weighted by Gasteiger charge is -2.31. The molecule has 17 heavy (non-hydrogen) atoms. The van der Waals surface area contributed by atoms with Gasteiger partial charge in [-0.15, -0.1) is 0 Å². The van der Waals surface area contributed by atoms with Crippen molar-refractivity contribution in [2.24, 2.45) is 11.7 Å². The molecule has 0 aliphatic rings. The van der Waals surface area contributed by atoms with Crippen LogP contribution < -0.4 is 5.73 Å². The van der Waals surface area contributed by atoms with Crippen molar-refractivity contribution in [3.05, 3.63) is 0 Å². The van der Waals surface area contributed by atoms with Crippen LogP contribution in [0, 0.1) is 5.92 Å². The van der Waals surface area contributed by atoms with Crippen molar-refractivity contribution >= 4 is 8.80 Å². The van der Waals surface area contributed by atoms with Gasteiger partial charge in [-0.05, 0) is 39.7 Å². The normalized spacial score (nSPS) is 13.9. The van der Waals surface area contributed by atoms with Gasteiger partial charge in [0.2, 0.25) is 0 Å². The van der Waals surface area contributed by atoms with Crippen LogP contribution in [-0.4, -0.2) is 46.9 Å². The third kappa shape index (κ3) is 6.49. The Morgan fingerprint density at radius 3 is 1.82 bits per heavy atom. The predicted octanol–water partition coefficient (Wildman–Crippen LogP) is 0.992. The number of hydrogen-bond acceptors (Lipinski definition) is 5. The quantitative estimate of drug-likeness (QED) is 0.545. The van der Waals surface area contributed by atoms with E-state index in [0.717, 1.165) is 0 Å². The van der Waals surface area contributed by atoms with E-state index < -0.39 is 8.80 Å². The molecule has 5 nitrogen and oxygen atoms in total. The number of aliphatic hydroxyl groups excluding tert-OH is 1. The van der Waals surface area contributed by atoms with E-state index in [2.05, 4.69) is 0 Å². The largest absolute Gasteiger partial charge is 0.501 e. The SMILES string of the molecule is CCO[Si](CC(CN)CCO)(OCC)OCC. The minimum atomic E-state index is -2.61. The van der Waals surface area contributed by atoms with Gasteiger partial charge >= 0.3 is 8.80 Å². The average Bonchev–Trinajstić information content (AvgIpc) is 2.29. The molecule has 0 aromatic rings. The van der Waals surface area contributed by atoms with E-state index in [9.17, 15) is 0 Å². The molecule has 1 atom stereocenters. The lowest BCUT2D eigenvalue weighted by Crippen LogP contribution is -2.48. The molecule has 0 fully saturated rings. The van der Waals surface area contributed by atoms with E-state index in [0.29, 0.717) is 38.8 Å². The zero-order valence-corrected chi connectivity index (χ0v) is 12.3. The smallest absolute Gasteiger partial charge is 0.396 e. The Balaban J connectivity index is 4.59. The molecule has 6 heteroatoms. The van der Waals surface area contributed by atoms with Crippen LogP contribution in [0.15, 0.2) is 0 Å². The zero-order chi connectivity index (χ0) is 13.1. The number of aliphatic hydroxyl groups is 1. The Hall–Kier alpha value is 0.0169. The second-order valence-corrected chi connectivity index (χ2v) is 6.44. The Morgan fingerprint density at radius 1 is 1.06 bits per heavy atom. The summed E-state index contributed by atoms with van der Waals surface area (Å²) in [6, 6.07) is 0.680. The van der Waals surface area contributed by atoms with Crippen molar-refractivity contribution < 1.29 is 18.4 Å². The predicted molar refractivity (Wildman–Crippen MR) is 69.7 cm³/mol. The van der Waals surface area contributed by atoms with Gasteiger partial charge in [0, 0.05) is 32.5 Å². The molecule has 1 unspecified atom stereocenters. The highest BCUT2D eigenvalue weighted by Crippen LogP contribution is 2.23. The molecular weight excluding hydrogens is 238 g/mol. The van der Waals surface area contributed by atoms with Gasteiger partial charge in [-0.3, -0.25) is 0 Å². The molecule has 0 spiro atoms. The van der Waals surface area contributed by atoms with Gasteiger partial charge in [0.1, 0.15) is 0 Å². The summed E-state index contributed by atoms with van der Waals surface area (Å²) in [5, 5.41) is 8.99. The van der Waals surface area contributed by atoms with Crippen LogP contribution in [0.5, 0.6) is 0 Å². The molecule has 0 aliphatic heterocycles. The number of nitrogens with two attached hydrogens (primary N) is 1. The fourth-order valence-electron chi connectivity index (χ4n) is 1.80. The van der Waals surface area contributed by atoms with Gasteiger partial charge < -0.3 is 24.1 Å². The molecule has 0 saturated carbocycles. The fraction of sp³-hybridized carbons (Fsp3) is 1.00. The topological polar surface area (TPSA) is 73.9 Å². The van der Waals surface area contributed by atoms with Gasteiger partial charge in [-0.2, -0.15) is 0 Å². The Labute approximate surface area is 106 Å². The van der Waals surface area contributed by atoms with Crippen molar-refractivity contribution in [3.8, 4) is 0 Å². The first-order valence-corrected chi connectivity index (χ1v) is 8.33. The maximum absolute atomic E-state index is 8.99. The fourth-order valence-corrected chi connectivity index (χ4v) is 4.80. The van der Waals surface area contributed by atoms with Crippen molar-refractivity contribution in [1.82, 2.24) is 0 Å². The zero-order valence-electron chi connectivity index (χ0n) is 11.3. The molecule has 0 radical (unpaired) electrons.